The molecule has 136 valence electrons. The molecule has 1 aromatic carbocycles. The first-order valence-electron chi connectivity index (χ1n) is 9.05. The number of ketones is 1. The van der Waals surface area contributed by atoms with E-state index in [1.807, 2.05) is 45.0 Å². The summed E-state index contributed by atoms with van der Waals surface area (Å²) in [4.78, 5) is 38.0. The third-order valence-corrected chi connectivity index (χ3v) is 4.66. The summed E-state index contributed by atoms with van der Waals surface area (Å²) in [6.45, 7) is 7.00. The fourth-order valence-corrected chi connectivity index (χ4v) is 2.90. The predicted octanol–water partition coefficient (Wildman–Crippen LogP) is 2.72. The average molecular weight is 344 g/mol. The van der Waals surface area contributed by atoms with Gasteiger partial charge in [-0.1, -0.05) is 43.7 Å². The van der Waals surface area contributed by atoms with Crippen LogP contribution in [0.4, 0.5) is 0 Å². The summed E-state index contributed by atoms with van der Waals surface area (Å²) in [5.74, 6) is 0.0717. The van der Waals surface area contributed by atoms with Crippen molar-refractivity contribution in [1.82, 2.24) is 10.2 Å². The van der Waals surface area contributed by atoms with Gasteiger partial charge in [0.25, 0.3) is 0 Å². The van der Waals surface area contributed by atoms with Gasteiger partial charge < -0.3 is 10.2 Å². The van der Waals surface area contributed by atoms with Gasteiger partial charge in [0.1, 0.15) is 0 Å². The molecule has 0 aromatic heterocycles. The number of nitrogens with zero attached hydrogens (tertiary/aromatic N) is 1. The summed E-state index contributed by atoms with van der Waals surface area (Å²) >= 11 is 0. The van der Waals surface area contributed by atoms with Crippen LogP contribution in [-0.4, -0.2) is 41.6 Å². The van der Waals surface area contributed by atoms with Crippen LogP contribution < -0.4 is 5.32 Å². The molecular formula is C20H28N2O3. The second-order valence-electron chi connectivity index (χ2n) is 7.11. The van der Waals surface area contributed by atoms with E-state index in [0.29, 0.717) is 18.7 Å². The van der Waals surface area contributed by atoms with Gasteiger partial charge in [-0.15, -0.1) is 0 Å². The van der Waals surface area contributed by atoms with Crippen LogP contribution in [0.25, 0.3) is 0 Å². The molecule has 1 saturated heterocycles. The van der Waals surface area contributed by atoms with Gasteiger partial charge >= 0.3 is 0 Å². The number of hydrogen-bond acceptors (Lipinski definition) is 3. The van der Waals surface area contributed by atoms with Crippen molar-refractivity contribution in [1.29, 1.82) is 0 Å². The minimum atomic E-state index is -0.0209. The van der Waals surface area contributed by atoms with Crippen molar-refractivity contribution in [3.05, 3.63) is 35.4 Å². The zero-order chi connectivity index (χ0) is 18.4. The van der Waals surface area contributed by atoms with Gasteiger partial charge in [-0.25, -0.2) is 0 Å². The number of benzene rings is 1. The Morgan fingerprint density at radius 2 is 1.68 bits per heavy atom. The maximum absolute atomic E-state index is 12.3. The third kappa shape index (κ3) is 5.69. The maximum Gasteiger partial charge on any atom is 0.223 e. The predicted molar refractivity (Wildman–Crippen MR) is 97.3 cm³/mol. The molecule has 1 aliphatic heterocycles. The monoisotopic (exact) mass is 344 g/mol. The van der Waals surface area contributed by atoms with Crippen LogP contribution in [0.5, 0.6) is 0 Å². The molecule has 1 heterocycles. The molecule has 1 aromatic rings. The van der Waals surface area contributed by atoms with Gasteiger partial charge in [-0.05, 0) is 19.8 Å². The van der Waals surface area contributed by atoms with E-state index in [0.717, 1.165) is 18.4 Å². The molecule has 0 unspecified atom stereocenters. The van der Waals surface area contributed by atoms with Crippen molar-refractivity contribution < 1.29 is 14.4 Å². The second kappa shape index (κ2) is 8.79. The van der Waals surface area contributed by atoms with Gasteiger partial charge in [-0.2, -0.15) is 0 Å². The fourth-order valence-electron chi connectivity index (χ4n) is 2.90. The number of piperidine rings is 1. The Labute approximate surface area is 149 Å². The highest BCUT2D eigenvalue weighted by molar-refractivity contribution is 5.98. The van der Waals surface area contributed by atoms with Crippen molar-refractivity contribution in [3.63, 3.8) is 0 Å². The van der Waals surface area contributed by atoms with Crippen molar-refractivity contribution in [2.75, 3.05) is 13.1 Å². The summed E-state index contributed by atoms with van der Waals surface area (Å²) in [5, 5.41) is 3.02. The van der Waals surface area contributed by atoms with Crippen LogP contribution >= 0.6 is 0 Å². The summed E-state index contributed by atoms with van der Waals surface area (Å²) < 4.78 is 0. The van der Waals surface area contributed by atoms with Crippen molar-refractivity contribution in [2.24, 2.45) is 5.92 Å². The van der Waals surface area contributed by atoms with Gasteiger partial charge in [0.2, 0.25) is 11.8 Å². The molecule has 5 heteroatoms. The normalized spacial score (nSPS) is 15.3. The number of hydrogen-bond donors (Lipinski definition) is 1. The standard InChI is InChI=1S/C20H28N2O3/c1-14(2)20(25)21-17-10-12-22(13-11-17)19(24)9-8-18(23)16-6-4-15(3)5-7-16/h4-7,14,17H,8-13H2,1-3H3,(H,21,25). The largest absolute Gasteiger partial charge is 0.353 e. The molecule has 5 nitrogen and oxygen atoms in total. The van der Waals surface area contributed by atoms with E-state index in [2.05, 4.69) is 5.32 Å². The minimum absolute atomic E-state index is 0.00688. The van der Waals surface area contributed by atoms with Crippen LogP contribution in [0.1, 0.15) is 55.5 Å². The number of carbonyl (C=O) groups excluding carboxylic acids is 3. The Kier molecular flexibility index (Phi) is 6.73. The fraction of sp³-hybridized carbons (Fsp3) is 0.550. The Hall–Kier alpha value is -2.17. The molecule has 0 spiro atoms. The highest BCUT2D eigenvalue weighted by Gasteiger charge is 2.24. The molecule has 0 bridgehead atoms. The number of carbonyl (C=O) groups is 3. The second-order valence-corrected chi connectivity index (χ2v) is 7.11. The molecule has 0 aliphatic carbocycles. The van der Waals surface area contributed by atoms with E-state index in [4.69, 9.17) is 0 Å². The summed E-state index contributed by atoms with van der Waals surface area (Å²) in [5.41, 5.74) is 1.77. The molecule has 0 saturated carbocycles. The average Bonchev–Trinajstić information content (AvgIpc) is 2.60. The number of nitrogens with one attached hydrogen (secondary N) is 1. The summed E-state index contributed by atoms with van der Waals surface area (Å²) in [7, 11) is 0. The lowest BCUT2D eigenvalue weighted by molar-refractivity contribution is -0.132. The molecule has 1 aliphatic rings. The molecule has 0 radical (unpaired) electrons. The lowest BCUT2D eigenvalue weighted by Crippen LogP contribution is -2.47. The molecule has 25 heavy (non-hydrogen) atoms. The number of aryl methyl sites for hydroxylation is 1. The van der Waals surface area contributed by atoms with Crippen molar-refractivity contribution >= 4 is 17.6 Å². The van der Waals surface area contributed by atoms with Gasteiger partial charge in [0.05, 0.1) is 0 Å². The van der Waals surface area contributed by atoms with Crippen molar-refractivity contribution in [2.45, 2.75) is 52.5 Å². The summed E-state index contributed by atoms with van der Waals surface area (Å²) in [6.07, 6.45) is 2.04. The molecule has 0 atom stereocenters. The van der Waals surface area contributed by atoms with Crippen LogP contribution in [-0.2, 0) is 9.59 Å². The van der Waals surface area contributed by atoms with E-state index in [-0.39, 0.29) is 42.4 Å². The Morgan fingerprint density at radius 1 is 1.08 bits per heavy atom. The van der Waals surface area contributed by atoms with Crippen LogP contribution in [0.15, 0.2) is 24.3 Å². The van der Waals surface area contributed by atoms with Gasteiger partial charge in [0.15, 0.2) is 5.78 Å². The van der Waals surface area contributed by atoms with Crippen molar-refractivity contribution in [3.8, 4) is 0 Å². The van der Waals surface area contributed by atoms with Gasteiger partial charge in [0, 0.05) is 43.5 Å². The number of Topliss-reactive ketones (excluding diaryl/α,β-unsaturated/α-hetero) is 1. The first-order valence-corrected chi connectivity index (χ1v) is 9.05. The number of rotatable bonds is 6. The van der Waals surface area contributed by atoms with E-state index in [1.165, 1.54) is 0 Å². The molecular weight excluding hydrogens is 316 g/mol. The minimum Gasteiger partial charge on any atom is -0.353 e. The Balaban J connectivity index is 1.74. The lowest BCUT2D eigenvalue weighted by Gasteiger charge is -2.32. The topological polar surface area (TPSA) is 66.5 Å². The SMILES string of the molecule is Cc1ccc(C(=O)CCC(=O)N2CCC(NC(=O)C(C)C)CC2)cc1. The van der Waals surface area contributed by atoms with Crippen LogP contribution in [0.3, 0.4) is 0 Å². The maximum atomic E-state index is 12.3. The first kappa shape index (κ1) is 19.2. The summed E-state index contributed by atoms with van der Waals surface area (Å²) in [6, 6.07) is 7.58. The van der Waals surface area contributed by atoms with E-state index < -0.39 is 0 Å². The Morgan fingerprint density at radius 3 is 2.24 bits per heavy atom. The highest BCUT2D eigenvalue weighted by atomic mass is 16.2. The van der Waals surface area contributed by atoms with Gasteiger partial charge in [-0.3, -0.25) is 14.4 Å². The van der Waals surface area contributed by atoms with Crippen LogP contribution in [0, 0.1) is 12.8 Å². The van der Waals surface area contributed by atoms with Crippen LogP contribution in [0.2, 0.25) is 0 Å². The third-order valence-electron chi connectivity index (χ3n) is 4.66. The smallest absolute Gasteiger partial charge is 0.223 e. The number of amides is 2. The van der Waals surface area contributed by atoms with E-state index >= 15 is 0 Å². The quantitative estimate of drug-likeness (QED) is 0.807. The molecule has 1 fully saturated rings. The molecule has 1 N–H and O–H groups in total. The lowest BCUT2D eigenvalue weighted by atomic mass is 10.0. The molecule has 2 amide bonds. The Bertz CT molecular complexity index is 614. The zero-order valence-electron chi connectivity index (χ0n) is 15.4. The number of likely N-dealkylation sites (tertiary alicyclic amines) is 1. The highest BCUT2D eigenvalue weighted by Crippen LogP contribution is 2.14. The first-order chi connectivity index (χ1) is 11.9. The molecule has 2 rings (SSSR count). The zero-order valence-corrected chi connectivity index (χ0v) is 15.4. The van der Waals surface area contributed by atoms with E-state index in [1.54, 1.807) is 4.90 Å². The van der Waals surface area contributed by atoms with E-state index in [9.17, 15) is 14.4 Å².